The molecule has 0 radical (unpaired) electrons. The normalized spacial score (nSPS) is 12.5. The van der Waals surface area contributed by atoms with Gasteiger partial charge in [-0.05, 0) is 89.9 Å². The monoisotopic (exact) mass is 1120 g/mol. The summed E-state index contributed by atoms with van der Waals surface area (Å²) in [5.41, 5.74) is 0. The van der Waals surface area contributed by atoms with Gasteiger partial charge in [0.1, 0.15) is 13.2 Å². The van der Waals surface area contributed by atoms with Crippen LogP contribution in [0.5, 0.6) is 0 Å². The SMILES string of the molecule is CC/C=C\C/C=C\C/C=C\C/C=C\CCCCCCCCC(=O)OCC(COC(=O)CCCCCCCCCCCCCCCCCCCCCCCC)OC(=O)CCCCCCCCCCC/C=C\C/C=C\CCCCCCC. The number of unbranched alkanes of at least 4 members (excludes halogenated alkanes) is 41. The highest BCUT2D eigenvalue weighted by molar-refractivity contribution is 5.71. The number of hydrogen-bond acceptors (Lipinski definition) is 6. The molecule has 6 heteroatoms. The summed E-state index contributed by atoms with van der Waals surface area (Å²) >= 11 is 0. The molecule has 0 aromatic carbocycles. The highest BCUT2D eigenvalue weighted by Crippen LogP contribution is 2.18. The smallest absolute Gasteiger partial charge is 0.306 e. The van der Waals surface area contributed by atoms with Crippen LogP contribution in [0.2, 0.25) is 0 Å². The zero-order valence-corrected chi connectivity index (χ0v) is 53.3. The van der Waals surface area contributed by atoms with E-state index in [0.717, 1.165) is 96.3 Å². The van der Waals surface area contributed by atoms with Gasteiger partial charge < -0.3 is 14.2 Å². The van der Waals surface area contributed by atoms with E-state index in [2.05, 4.69) is 93.7 Å². The van der Waals surface area contributed by atoms with Crippen LogP contribution in [0.1, 0.15) is 361 Å². The van der Waals surface area contributed by atoms with Gasteiger partial charge in [-0.25, -0.2) is 0 Å². The van der Waals surface area contributed by atoms with Crippen LogP contribution in [0.3, 0.4) is 0 Å². The third kappa shape index (κ3) is 65.7. The first kappa shape index (κ1) is 76.9. The topological polar surface area (TPSA) is 78.9 Å². The summed E-state index contributed by atoms with van der Waals surface area (Å²) < 4.78 is 17.0. The fourth-order valence-electron chi connectivity index (χ4n) is 10.2. The Morgan fingerprint density at radius 3 is 0.762 bits per heavy atom. The molecule has 0 spiro atoms. The first-order valence-corrected chi connectivity index (χ1v) is 34.9. The maximum atomic E-state index is 13.0. The molecule has 0 bridgehead atoms. The Morgan fingerprint density at radius 2 is 0.487 bits per heavy atom. The highest BCUT2D eigenvalue weighted by atomic mass is 16.6. The fourth-order valence-corrected chi connectivity index (χ4v) is 10.2. The fraction of sp³-hybridized carbons (Fsp3) is 0.797. The van der Waals surface area contributed by atoms with Crippen LogP contribution < -0.4 is 0 Å². The van der Waals surface area contributed by atoms with E-state index in [0.29, 0.717) is 19.3 Å². The maximum absolute atomic E-state index is 13.0. The molecule has 0 amide bonds. The minimum Gasteiger partial charge on any atom is -0.462 e. The summed E-state index contributed by atoms with van der Waals surface area (Å²) in [7, 11) is 0. The molecule has 0 aliphatic rings. The molecule has 1 unspecified atom stereocenters. The summed E-state index contributed by atoms with van der Waals surface area (Å²) in [5, 5.41) is 0. The maximum Gasteiger partial charge on any atom is 0.306 e. The summed E-state index contributed by atoms with van der Waals surface area (Å²) in [6.45, 7) is 6.56. The molecule has 464 valence electrons. The van der Waals surface area contributed by atoms with Gasteiger partial charge in [0, 0.05) is 19.3 Å². The molecule has 0 aromatic heterocycles. The largest absolute Gasteiger partial charge is 0.462 e. The zero-order valence-electron chi connectivity index (χ0n) is 53.3. The lowest BCUT2D eigenvalue weighted by atomic mass is 10.0. The molecule has 0 saturated carbocycles. The first-order valence-electron chi connectivity index (χ1n) is 34.9. The molecule has 0 heterocycles. The molecule has 6 nitrogen and oxygen atoms in total. The van der Waals surface area contributed by atoms with Crippen molar-refractivity contribution in [2.75, 3.05) is 13.2 Å². The molecule has 0 N–H and O–H groups in total. The van der Waals surface area contributed by atoms with E-state index in [1.54, 1.807) is 0 Å². The number of carbonyl (C=O) groups is 3. The van der Waals surface area contributed by atoms with Crippen molar-refractivity contribution in [3.63, 3.8) is 0 Å². The van der Waals surface area contributed by atoms with Crippen LogP contribution in [-0.2, 0) is 28.6 Å². The van der Waals surface area contributed by atoms with E-state index >= 15 is 0 Å². The van der Waals surface area contributed by atoms with Crippen LogP contribution in [-0.4, -0.2) is 37.2 Å². The molecular weight excluding hydrogens is 985 g/mol. The summed E-state index contributed by atoms with van der Waals surface area (Å²) in [5.74, 6) is -0.875. The van der Waals surface area contributed by atoms with Crippen molar-refractivity contribution in [1.82, 2.24) is 0 Å². The quantitative estimate of drug-likeness (QED) is 0.0261. The molecule has 0 aliphatic carbocycles. The second-order valence-corrected chi connectivity index (χ2v) is 23.4. The van der Waals surface area contributed by atoms with E-state index in [1.165, 1.54) is 225 Å². The average molecular weight is 1120 g/mol. The second-order valence-electron chi connectivity index (χ2n) is 23.4. The standard InChI is InChI=1S/C74H132O6/c1-4-7-10-13-16-19-22-25-28-31-34-36-38-40-43-46-49-52-55-58-61-64-67-73(76)79-70-71(69-78-72(75)66-63-60-57-54-51-48-45-42-39-33-30-27-24-21-18-15-12-9-6-3)80-74(77)68-65-62-59-56-53-50-47-44-41-37-35-32-29-26-23-20-17-14-11-8-5-2/h9,12,18,21,23,26-27,30,32,35,39,42,71H,4-8,10-11,13-17,19-20,22,24-25,28-29,31,33-34,36-38,40-41,43-70H2,1-3H3/b12-9-,21-18-,26-23-,30-27-,35-32-,42-39-. The minimum absolute atomic E-state index is 0.0784. The highest BCUT2D eigenvalue weighted by Gasteiger charge is 2.19. The Balaban J connectivity index is 4.37. The zero-order chi connectivity index (χ0) is 57.8. The second kappa shape index (κ2) is 68.3. The minimum atomic E-state index is -0.785. The average Bonchev–Trinajstić information content (AvgIpc) is 3.46. The third-order valence-corrected chi connectivity index (χ3v) is 15.4. The number of carbonyl (C=O) groups excluding carboxylic acids is 3. The van der Waals surface area contributed by atoms with E-state index in [1.807, 2.05) is 0 Å². The molecular formula is C74H132O6. The van der Waals surface area contributed by atoms with Gasteiger partial charge in [-0.2, -0.15) is 0 Å². The predicted molar refractivity (Wildman–Crippen MR) is 348 cm³/mol. The Labute approximate surface area is 497 Å². The van der Waals surface area contributed by atoms with Gasteiger partial charge in [-0.1, -0.05) is 325 Å². The van der Waals surface area contributed by atoms with Gasteiger partial charge in [0.15, 0.2) is 6.10 Å². The van der Waals surface area contributed by atoms with Gasteiger partial charge >= 0.3 is 17.9 Å². The Kier molecular flexibility index (Phi) is 65.7. The van der Waals surface area contributed by atoms with Gasteiger partial charge in [0.25, 0.3) is 0 Å². The van der Waals surface area contributed by atoms with E-state index in [9.17, 15) is 14.4 Å². The summed E-state index contributed by atoms with van der Waals surface area (Å²) in [6.07, 6.45) is 89.2. The molecule has 0 saturated heterocycles. The molecule has 0 rings (SSSR count). The Hall–Kier alpha value is -3.15. The van der Waals surface area contributed by atoms with E-state index in [-0.39, 0.29) is 31.1 Å². The first-order chi connectivity index (χ1) is 39.5. The van der Waals surface area contributed by atoms with Gasteiger partial charge in [-0.15, -0.1) is 0 Å². The molecule has 1 atom stereocenters. The van der Waals surface area contributed by atoms with Crippen LogP contribution >= 0.6 is 0 Å². The predicted octanol–water partition coefficient (Wildman–Crippen LogP) is 24.1. The van der Waals surface area contributed by atoms with Crippen molar-refractivity contribution in [3.8, 4) is 0 Å². The van der Waals surface area contributed by atoms with Crippen molar-refractivity contribution < 1.29 is 28.6 Å². The lowest BCUT2D eigenvalue weighted by Gasteiger charge is -2.18. The van der Waals surface area contributed by atoms with Gasteiger partial charge in [0.05, 0.1) is 0 Å². The Bertz CT molecular complexity index is 1470. The number of hydrogen-bond donors (Lipinski definition) is 0. The van der Waals surface area contributed by atoms with Crippen molar-refractivity contribution in [2.24, 2.45) is 0 Å². The van der Waals surface area contributed by atoms with Crippen molar-refractivity contribution in [1.29, 1.82) is 0 Å². The van der Waals surface area contributed by atoms with Crippen LogP contribution in [0, 0.1) is 0 Å². The number of allylic oxidation sites excluding steroid dienone is 12. The van der Waals surface area contributed by atoms with Crippen LogP contribution in [0.4, 0.5) is 0 Å². The molecule has 0 aliphatic heterocycles. The lowest BCUT2D eigenvalue weighted by molar-refractivity contribution is -0.167. The lowest BCUT2D eigenvalue weighted by Crippen LogP contribution is -2.30. The number of rotatable bonds is 64. The van der Waals surface area contributed by atoms with Crippen molar-refractivity contribution >= 4 is 17.9 Å². The summed E-state index contributed by atoms with van der Waals surface area (Å²) in [4.78, 5) is 38.5. The summed E-state index contributed by atoms with van der Waals surface area (Å²) in [6, 6.07) is 0. The van der Waals surface area contributed by atoms with Gasteiger partial charge in [-0.3, -0.25) is 14.4 Å². The Morgan fingerprint density at radius 1 is 0.263 bits per heavy atom. The van der Waals surface area contributed by atoms with Crippen LogP contribution in [0.15, 0.2) is 72.9 Å². The van der Waals surface area contributed by atoms with Crippen molar-refractivity contribution in [3.05, 3.63) is 72.9 Å². The molecule has 0 aromatic rings. The molecule has 80 heavy (non-hydrogen) atoms. The van der Waals surface area contributed by atoms with Crippen molar-refractivity contribution in [2.45, 2.75) is 367 Å². The number of esters is 3. The molecule has 0 fully saturated rings. The van der Waals surface area contributed by atoms with E-state index < -0.39 is 6.10 Å². The van der Waals surface area contributed by atoms with Gasteiger partial charge in [0.2, 0.25) is 0 Å². The van der Waals surface area contributed by atoms with E-state index in [4.69, 9.17) is 14.2 Å². The van der Waals surface area contributed by atoms with Crippen LogP contribution in [0.25, 0.3) is 0 Å². The third-order valence-electron chi connectivity index (χ3n) is 15.4. The number of ether oxygens (including phenoxy) is 3.